The third-order valence-electron chi connectivity index (χ3n) is 5.26. The standard InChI is InChI=1S/C19H28N2O3S/c1-14(2)18(19(22)21-11-5-6-12-21)20-25(23,24)17-10-9-15-7-3-4-8-16(15)13-17/h9-10,13-14,18,20H,3-8,11-12H2,1-2H3/t18-/m1/s1. The lowest BCUT2D eigenvalue weighted by atomic mass is 9.92. The minimum absolute atomic E-state index is 0.0968. The second kappa shape index (κ2) is 7.46. The highest BCUT2D eigenvalue weighted by Crippen LogP contribution is 2.24. The quantitative estimate of drug-likeness (QED) is 0.873. The van der Waals surface area contributed by atoms with Crippen molar-refractivity contribution in [1.82, 2.24) is 9.62 Å². The molecule has 1 N–H and O–H groups in total. The van der Waals surface area contributed by atoms with E-state index in [0.717, 1.165) is 57.2 Å². The summed E-state index contributed by atoms with van der Waals surface area (Å²) >= 11 is 0. The van der Waals surface area contributed by atoms with Crippen molar-refractivity contribution in [3.05, 3.63) is 29.3 Å². The number of benzene rings is 1. The highest BCUT2D eigenvalue weighted by Gasteiger charge is 2.32. The van der Waals surface area contributed by atoms with Gasteiger partial charge in [-0.1, -0.05) is 19.9 Å². The summed E-state index contributed by atoms with van der Waals surface area (Å²) in [5.74, 6) is -0.200. The number of sulfonamides is 1. The first-order chi connectivity index (χ1) is 11.9. The van der Waals surface area contributed by atoms with Crippen LogP contribution >= 0.6 is 0 Å². The van der Waals surface area contributed by atoms with Crippen LogP contribution in [0.15, 0.2) is 23.1 Å². The Morgan fingerprint density at radius 1 is 1.04 bits per heavy atom. The number of carbonyl (C=O) groups excluding carboxylic acids is 1. The molecule has 1 heterocycles. The van der Waals surface area contributed by atoms with Gasteiger partial charge in [0.05, 0.1) is 4.90 Å². The Balaban J connectivity index is 1.81. The highest BCUT2D eigenvalue weighted by atomic mass is 32.2. The van der Waals surface area contributed by atoms with Gasteiger partial charge in [0.2, 0.25) is 15.9 Å². The van der Waals surface area contributed by atoms with Gasteiger partial charge in [0.15, 0.2) is 0 Å². The Morgan fingerprint density at radius 2 is 1.68 bits per heavy atom. The summed E-state index contributed by atoms with van der Waals surface area (Å²) in [6, 6.07) is 4.67. The van der Waals surface area contributed by atoms with Gasteiger partial charge >= 0.3 is 0 Å². The Hall–Kier alpha value is -1.40. The van der Waals surface area contributed by atoms with Crippen LogP contribution in [0.2, 0.25) is 0 Å². The van der Waals surface area contributed by atoms with Crippen LogP contribution in [0.3, 0.4) is 0 Å². The minimum Gasteiger partial charge on any atom is -0.341 e. The third kappa shape index (κ3) is 4.06. The van der Waals surface area contributed by atoms with Crippen molar-refractivity contribution in [3.8, 4) is 0 Å². The monoisotopic (exact) mass is 364 g/mol. The zero-order valence-electron chi connectivity index (χ0n) is 15.1. The van der Waals surface area contributed by atoms with Gasteiger partial charge in [0.1, 0.15) is 6.04 Å². The highest BCUT2D eigenvalue weighted by molar-refractivity contribution is 7.89. The first-order valence-electron chi connectivity index (χ1n) is 9.31. The number of nitrogens with one attached hydrogen (secondary N) is 1. The molecule has 6 heteroatoms. The summed E-state index contributed by atoms with van der Waals surface area (Å²) in [4.78, 5) is 14.8. The molecule has 0 saturated carbocycles. The Kier molecular flexibility index (Phi) is 5.49. The van der Waals surface area contributed by atoms with Crippen LogP contribution in [-0.2, 0) is 27.7 Å². The van der Waals surface area contributed by atoms with E-state index in [1.807, 2.05) is 19.9 Å². The van der Waals surface area contributed by atoms with Crippen molar-refractivity contribution < 1.29 is 13.2 Å². The number of carbonyl (C=O) groups is 1. The normalized spacial score (nSPS) is 19.1. The van der Waals surface area contributed by atoms with E-state index >= 15 is 0 Å². The number of nitrogens with zero attached hydrogens (tertiary/aromatic N) is 1. The molecule has 1 amide bonds. The van der Waals surface area contributed by atoms with Crippen LogP contribution < -0.4 is 4.72 Å². The fourth-order valence-electron chi connectivity index (χ4n) is 3.72. The Labute approximate surface area is 150 Å². The fraction of sp³-hybridized carbons (Fsp3) is 0.632. The predicted octanol–water partition coefficient (Wildman–Crippen LogP) is 2.49. The van der Waals surface area contributed by atoms with Gasteiger partial charge in [0.25, 0.3) is 0 Å². The zero-order valence-corrected chi connectivity index (χ0v) is 15.9. The number of likely N-dealkylation sites (tertiary alicyclic amines) is 1. The van der Waals surface area contributed by atoms with Crippen molar-refractivity contribution in [1.29, 1.82) is 0 Å². The summed E-state index contributed by atoms with van der Waals surface area (Å²) in [5.41, 5.74) is 2.37. The van der Waals surface area contributed by atoms with Gasteiger partial charge in [-0.15, -0.1) is 0 Å². The van der Waals surface area contributed by atoms with Crippen LogP contribution in [0.1, 0.15) is 50.7 Å². The van der Waals surface area contributed by atoms with E-state index in [1.165, 1.54) is 5.56 Å². The molecule has 0 spiro atoms. The van der Waals surface area contributed by atoms with Crippen LogP contribution in [0, 0.1) is 5.92 Å². The van der Waals surface area contributed by atoms with Crippen LogP contribution in [0.25, 0.3) is 0 Å². The van der Waals surface area contributed by atoms with Crippen molar-refractivity contribution in [2.24, 2.45) is 5.92 Å². The topological polar surface area (TPSA) is 66.5 Å². The molecule has 5 nitrogen and oxygen atoms in total. The van der Waals surface area contributed by atoms with E-state index in [-0.39, 0.29) is 16.7 Å². The van der Waals surface area contributed by atoms with E-state index in [0.29, 0.717) is 0 Å². The molecule has 1 saturated heterocycles. The maximum absolute atomic E-state index is 12.9. The molecule has 25 heavy (non-hydrogen) atoms. The number of amides is 1. The smallest absolute Gasteiger partial charge is 0.241 e. The largest absolute Gasteiger partial charge is 0.341 e. The van der Waals surface area contributed by atoms with Gasteiger partial charge in [0, 0.05) is 13.1 Å². The molecule has 0 aromatic heterocycles. The lowest BCUT2D eigenvalue weighted by molar-refractivity contribution is -0.132. The van der Waals surface area contributed by atoms with Gasteiger partial charge < -0.3 is 4.90 Å². The van der Waals surface area contributed by atoms with Gasteiger partial charge in [-0.25, -0.2) is 8.42 Å². The third-order valence-corrected chi connectivity index (χ3v) is 6.70. The van der Waals surface area contributed by atoms with E-state index in [9.17, 15) is 13.2 Å². The Bertz CT molecular complexity index is 737. The molecule has 0 unspecified atom stereocenters. The van der Waals surface area contributed by atoms with Gasteiger partial charge in [-0.2, -0.15) is 4.72 Å². The van der Waals surface area contributed by atoms with Crippen molar-refractivity contribution in [3.63, 3.8) is 0 Å². The summed E-state index contributed by atoms with van der Waals surface area (Å²) in [7, 11) is -3.71. The first-order valence-corrected chi connectivity index (χ1v) is 10.8. The second-order valence-electron chi connectivity index (χ2n) is 7.51. The number of hydrogen-bond acceptors (Lipinski definition) is 3. The molecule has 1 aliphatic carbocycles. The van der Waals surface area contributed by atoms with Gasteiger partial charge in [-0.05, 0) is 67.7 Å². The number of hydrogen-bond donors (Lipinski definition) is 1. The van der Waals surface area contributed by atoms with E-state index in [2.05, 4.69) is 4.72 Å². The van der Waals surface area contributed by atoms with Crippen LogP contribution in [-0.4, -0.2) is 38.4 Å². The van der Waals surface area contributed by atoms with E-state index < -0.39 is 16.1 Å². The van der Waals surface area contributed by atoms with Crippen molar-refractivity contribution >= 4 is 15.9 Å². The summed E-state index contributed by atoms with van der Waals surface area (Å²) in [6.45, 7) is 5.22. The molecular formula is C19H28N2O3S. The van der Waals surface area contributed by atoms with Crippen LogP contribution in [0.4, 0.5) is 0 Å². The number of aryl methyl sites for hydroxylation is 2. The number of rotatable bonds is 5. The lowest BCUT2D eigenvalue weighted by Gasteiger charge is -2.26. The van der Waals surface area contributed by atoms with E-state index in [4.69, 9.17) is 0 Å². The predicted molar refractivity (Wildman–Crippen MR) is 97.8 cm³/mol. The van der Waals surface area contributed by atoms with Gasteiger partial charge in [-0.3, -0.25) is 4.79 Å². The molecule has 1 aromatic rings. The summed E-state index contributed by atoms with van der Waals surface area (Å²) in [6.07, 6.45) is 6.20. The number of fused-ring (bicyclic) bond motifs is 1. The lowest BCUT2D eigenvalue weighted by Crippen LogP contribution is -2.50. The maximum Gasteiger partial charge on any atom is 0.241 e. The molecule has 0 bridgehead atoms. The molecular weight excluding hydrogens is 336 g/mol. The SMILES string of the molecule is CC(C)[C@@H](NS(=O)(=O)c1ccc2c(c1)CCCC2)C(=O)N1CCCC1. The minimum atomic E-state index is -3.71. The zero-order chi connectivity index (χ0) is 18.0. The maximum atomic E-state index is 12.9. The molecule has 1 aliphatic heterocycles. The first kappa shape index (κ1) is 18.4. The molecule has 1 aromatic carbocycles. The molecule has 138 valence electrons. The molecule has 1 fully saturated rings. The molecule has 3 rings (SSSR count). The fourth-order valence-corrected chi connectivity index (χ4v) is 5.11. The summed E-state index contributed by atoms with van der Waals surface area (Å²) < 4.78 is 28.4. The average molecular weight is 365 g/mol. The van der Waals surface area contributed by atoms with Crippen molar-refractivity contribution in [2.75, 3.05) is 13.1 Å². The average Bonchev–Trinajstić information content (AvgIpc) is 3.13. The molecule has 1 atom stereocenters. The second-order valence-corrected chi connectivity index (χ2v) is 9.23. The molecule has 0 radical (unpaired) electrons. The van der Waals surface area contributed by atoms with E-state index in [1.54, 1.807) is 17.0 Å². The molecule has 2 aliphatic rings. The summed E-state index contributed by atoms with van der Waals surface area (Å²) in [5, 5.41) is 0. The van der Waals surface area contributed by atoms with Crippen LogP contribution in [0.5, 0.6) is 0 Å². The Morgan fingerprint density at radius 3 is 2.32 bits per heavy atom. The van der Waals surface area contributed by atoms with Crippen molar-refractivity contribution in [2.45, 2.75) is 63.3 Å².